The van der Waals surface area contributed by atoms with Gasteiger partial charge in [0.25, 0.3) is 0 Å². The molecule has 0 aromatic heterocycles. The highest BCUT2D eigenvalue weighted by Crippen LogP contribution is 2.36. The third-order valence-electron chi connectivity index (χ3n) is 3.78. The predicted molar refractivity (Wildman–Crippen MR) is 80.8 cm³/mol. The molecule has 0 bridgehead atoms. The SMILES string of the molecule is CC1(C)CCCC(Nc2ccc(C(=O)O)c(Br)c2)C1. The molecule has 0 amide bonds. The van der Waals surface area contributed by atoms with Gasteiger partial charge in [-0.1, -0.05) is 20.3 Å². The molecule has 2 rings (SSSR count). The third-order valence-corrected chi connectivity index (χ3v) is 4.43. The van der Waals surface area contributed by atoms with Gasteiger partial charge in [0, 0.05) is 16.2 Å². The van der Waals surface area contributed by atoms with Crippen molar-refractivity contribution in [1.29, 1.82) is 0 Å². The lowest BCUT2D eigenvalue weighted by molar-refractivity contribution is 0.0696. The maximum atomic E-state index is 11.0. The van der Waals surface area contributed by atoms with E-state index in [0.29, 0.717) is 21.5 Å². The van der Waals surface area contributed by atoms with Gasteiger partial charge in [0.05, 0.1) is 5.56 Å². The number of aromatic carboxylic acids is 1. The van der Waals surface area contributed by atoms with Gasteiger partial charge in [0.2, 0.25) is 0 Å². The van der Waals surface area contributed by atoms with E-state index in [1.54, 1.807) is 6.07 Å². The van der Waals surface area contributed by atoms with E-state index in [0.717, 1.165) is 12.1 Å². The van der Waals surface area contributed by atoms with Crippen LogP contribution in [0.3, 0.4) is 0 Å². The number of rotatable bonds is 3. The molecule has 19 heavy (non-hydrogen) atoms. The molecular weight excluding hydrogens is 306 g/mol. The first-order valence-electron chi connectivity index (χ1n) is 6.67. The molecule has 3 nitrogen and oxygen atoms in total. The largest absolute Gasteiger partial charge is 0.478 e. The second kappa shape index (κ2) is 5.53. The second-order valence-corrected chi connectivity index (χ2v) is 6.96. The van der Waals surface area contributed by atoms with Crippen LogP contribution in [0.15, 0.2) is 22.7 Å². The van der Waals surface area contributed by atoms with E-state index in [9.17, 15) is 4.79 Å². The fraction of sp³-hybridized carbons (Fsp3) is 0.533. The van der Waals surface area contributed by atoms with Crippen molar-refractivity contribution in [2.45, 2.75) is 45.6 Å². The first-order valence-corrected chi connectivity index (χ1v) is 7.46. The Morgan fingerprint density at radius 3 is 2.79 bits per heavy atom. The highest BCUT2D eigenvalue weighted by molar-refractivity contribution is 9.10. The molecule has 0 heterocycles. The molecule has 0 aliphatic heterocycles. The van der Waals surface area contributed by atoms with Gasteiger partial charge in [-0.15, -0.1) is 0 Å². The molecule has 1 saturated carbocycles. The minimum Gasteiger partial charge on any atom is -0.478 e. The van der Waals surface area contributed by atoms with E-state index in [4.69, 9.17) is 5.11 Å². The van der Waals surface area contributed by atoms with Crippen molar-refractivity contribution >= 4 is 27.6 Å². The van der Waals surface area contributed by atoms with Crippen LogP contribution in [-0.2, 0) is 0 Å². The standard InChI is InChI=1S/C15H20BrNO2/c1-15(2)7-3-4-11(9-15)17-10-5-6-12(14(18)19)13(16)8-10/h5-6,8,11,17H,3-4,7,9H2,1-2H3,(H,18,19). The van der Waals surface area contributed by atoms with Crippen LogP contribution in [0.4, 0.5) is 5.69 Å². The van der Waals surface area contributed by atoms with Crippen LogP contribution < -0.4 is 5.32 Å². The number of hydrogen-bond acceptors (Lipinski definition) is 2. The Labute approximate surface area is 122 Å². The first-order chi connectivity index (χ1) is 8.87. The van der Waals surface area contributed by atoms with Crippen molar-refractivity contribution in [2.75, 3.05) is 5.32 Å². The molecule has 1 aliphatic carbocycles. The van der Waals surface area contributed by atoms with Gasteiger partial charge in [-0.2, -0.15) is 0 Å². The monoisotopic (exact) mass is 325 g/mol. The van der Waals surface area contributed by atoms with E-state index in [1.807, 2.05) is 12.1 Å². The van der Waals surface area contributed by atoms with Gasteiger partial charge in [-0.3, -0.25) is 0 Å². The van der Waals surface area contributed by atoms with Gasteiger partial charge in [-0.25, -0.2) is 4.79 Å². The Balaban J connectivity index is 2.07. The van der Waals surface area contributed by atoms with Crippen molar-refractivity contribution in [3.63, 3.8) is 0 Å². The normalized spacial score (nSPS) is 21.9. The Morgan fingerprint density at radius 2 is 2.21 bits per heavy atom. The summed E-state index contributed by atoms with van der Waals surface area (Å²) >= 11 is 3.31. The molecule has 0 saturated heterocycles. The van der Waals surface area contributed by atoms with Crippen molar-refractivity contribution in [2.24, 2.45) is 5.41 Å². The number of carbonyl (C=O) groups is 1. The lowest BCUT2D eigenvalue weighted by atomic mass is 9.75. The zero-order chi connectivity index (χ0) is 14.0. The summed E-state index contributed by atoms with van der Waals surface area (Å²) in [5, 5.41) is 12.5. The summed E-state index contributed by atoms with van der Waals surface area (Å²) in [5.41, 5.74) is 1.68. The minimum atomic E-state index is -0.905. The van der Waals surface area contributed by atoms with E-state index < -0.39 is 5.97 Å². The summed E-state index contributed by atoms with van der Waals surface area (Å²) in [6.07, 6.45) is 4.87. The molecule has 1 aromatic carbocycles. The van der Waals surface area contributed by atoms with Gasteiger partial charge in [-0.05, 0) is 58.8 Å². The Kier molecular flexibility index (Phi) is 4.19. The van der Waals surface area contributed by atoms with Crippen LogP contribution in [-0.4, -0.2) is 17.1 Å². The fourth-order valence-corrected chi connectivity index (χ4v) is 3.38. The number of nitrogens with one attached hydrogen (secondary N) is 1. The van der Waals surface area contributed by atoms with Crippen LogP contribution in [0.5, 0.6) is 0 Å². The fourth-order valence-electron chi connectivity index (χ4n) is 2.84. The van der Waals surface area contributed by atoms with E-state index in [1.165, 1.54) is 19.3 Å². The zero-order valence-corrected chi connectivity index (χ0v) is 13.0. The van der Waals surface area contributed by atoms with Crippen molar-refractivity contribution in [3.8, 4) is 0 Å². The summed E-state index contributed by atoms with van der Waals surface area (Å²) in [6.45, 7) is 4.62. The van der Waals surface area contributed by atoms with Crippen LogP contribution in [0.2, 0.25) is 0 Å². The van der Waals surface area contributed by atoms with Gasteiger partial charge < -0.3 is 10.4 Å². The van der Waals surface area contributed by atoms with Gasteiger partial charge in [0.15, 0.2) is 0 Å². The van der Waals surface area contributed by atoms with Gasteiger partial charge in [0.1, 0.15) is 0 Å². The van der Waals surface area contributed by atoms with Gasteiger partial charge >= 0.3 is 5.97 Å². The second-order valence-electron chi connectivity index (χ2n) is 6.10. The van der Waals surface area contributed by atoms with E-state index >= 15 is 0 Å². The summed E-state index contributed by atoms with van der Waals surface area (Å²) in [5.74, 6) is -0.905. The topological polar surface area (TPSA) is 49.3 Å². The van der Waals surface area contributed by atoms with Crippen LogP contribution >= 0.6 is 15.9 Å². The summed E-state index contributed by atoms with van der Waals surface area (Å²) in [6, 6.07) is 5.81. The van der Waals surface area contributed by atoms with Crippen molar-refractivity contribution < 1.29 is 9.90 Å². The summed E-state index contributed by atoms with van der Waals surface area (Å²) < 4.78 is 0.625. The number of hydrogen-bond donors (Lipinski definition) is 2. The Hall–Kier alpha value is -1.03. The molecule has 1 aromatic rings. The lowest BCUT2D eigenvalue weighted by Gasteiger charge is -2.36. The lowest BCUT2D eigenvalue weighted by Crippen LogP contribution is -2.31. The van der Waals surface area contributed by atoms with Crippen molar-refractivity contribution in [1.82, 2.24) is 0 Å². The summed E-state index contributed by atoms with van der Waals surface area (Å²) in [4.78, 5) is 11.0. The Bertz CT molecular complexity index is 485. The van der Waals surface area contributed by atoms with Crippen LogP contribution in [0.25, 0.3) is 0 Å². The average molecular weight is 326 g/mol. The van der Waals surface area contributed by atoms with E-state index in [-0.39, 0.29) is 0 Å². The number of carboxylic acid groups (broad SMARTS) is 1. The number of benzene rings is 1. The average Bonchev–Trinajstić information content (AvgIpc) is 2.27. The minimum absolute atomic E-state index is 0.300. The highest BCUT2D eigenvalue weighted by Gasteiger charge is 2.27. The molecule has 104 valence electrons. The molecule has 0 spiro atoms. The maximum Gasteiger partial charge on any atom is 0.336 e. The smallest absolute Gasteiger partial charge is 0.336 e. The number of halogens is 1. The first kappa shape index (κ1) is 14.4. The molecule has 1 aliphatic rings. The van der Waals surface area contributed by atoms with Crippen LogP contribution in [0.1, 0.15) is 49.9 Å². The Morgan fingerprint density at radius 1 is 1.47 bits per heavy atom. The highest BCUT2D eigenvalue weighted by atomic mass is 79.9. The number of carboxylic acids is 1. The molecule has 0 radical (unpaired) electrons. The number of anilines is 1. The van der Waals surface area contributed by atoms with Crippen molar-refractivity contribution in [3.05, 3.63) is 28.2 Å². The van der Waals surface area contributed by atoms with Crippen LogP contribution in [0, 0.1) is 5.41 Å². The molecule has 4 heteroatoms. The molecule has 2 N–H and O–H groups in total. The summed E-state index contributed by atoms with van der Waals surface area (Å²) in [7, 11) is 0. The molecule has 1 atom stereocenters. The predicted octanol–water partition coefficient (Wildman–Crippen LogP) is 4.53. The molecule has 1 fully saturated rings. The van der Waals surface area contributed by atoms with E-state index in [2.05, 4.69) is 35.1 Å². The zero-order valence-electron chi connectivity index (χ0n) is 11.4. The quantitative estimate of drug-likeness (QED) is 0.858. The maximum absolute atomic E-state index is 11.0. The molecular formula is C15H20BrNO2. The third kappa shape index (κ3) is 3.72. The molecule has 1 unspecified atom stereocenters.